The zero-order valence-electron chi connectivity index (χ0n) is 13.6. The molecule has 0 aliphatic carbocycles. The van der Waals surface area contributed by atoms with Gasteiger partial charge in [0.15, 0.2) is 0 Å². The van der Waals surface area contributed by atoms with Crippen LogP contribution in [0.25, 0.3) is 6.08 Å². The summed E-state index contributed by atoms with van der Waals surface area (Å²) >= 11 is 3.41. The molecule has 0 heterocycles. The normalized spacial score (nSPS) is 10.6. The van der Waals surface area contributed by atoms with Crippen molar-refractivity contribution in [3.05, 3.63) is 75.8 Å². The third-order valence-corrected chi connectivity index (χ3v) is 4.00. The zero-order chi connectivity index (χ0) is 17.5. The fourth-order valence-corrected chi connectivity index (χ4v) is 2.58. The van der Waals surface area contributed by atoms with E-state index < -0.39 is 0 Å². The van der Waals surface area contributed by atoms with E-state index in [4.69, 9.17) is 0 Å². The molecule has 2 rings (SSSR count). The van der Waals surface area contributed by atoms with E-state index in [0.29, 0.717) is 12.1 Å². The predicted octanol–water partition coefficient (Wildman–Crippen LogP) is 3.48. The molecule has 0 aliphatic rings. The van der Waals surface area contributed by atoms with Crippen molar-refractivity contribution >= 4 is 33.8 Å². The van der Waals surface area contributed by atoms with Crippen LogP contribution in [0.15, 0.2) is 59.1 Å². The highest BCUT2D eigenvalue weighted by atomic mass is 79.9. The van der Waals surface area contributed by atoms with Crippen LogP contribution < -0.4 is 5.32 Å². The fraction of sp³-hybridized carbons (Fsp3) is 0.158. The van der Waals surface area contributed by atoms with E-state index in [-0.39, 0.29) is 11.8 Å². The Morgan fingerprint density at radius 1 is 1.17 bits per heavy atom. The molecule has 0 saturated heterocycles. The maximum Gasteiger partial charge on any atom is 0.251 e. The molecule has 0 atom stereocenters. The highest BCUT2D eigenvalue weighted by Gasteiger charge is 2.07. The van der Waals surface area contributed by atoms with Crippen molar-refractivity contribution in [1.29, 1.82) is 0 Å². The molecule has 4 nitrogen and oxygen atoms in total. The maximum atomic E-state index is 12.2. The maximum absolute atomic E-state index is 12.2. The van der Waals surface area contributed by atoms with Crippen LogP contribution in [-0.2, 0) is 11.3 Å². The smallest absolute Gasteiger partial charge is 0.251 e. The Bertz CT molecular complexity index is 754. The second kappa shape index (κ2) is 8.45. The molecule has 0 saturated carbocycles. The number of carbonyl (C=O) groups is 2. The number of hydrogen-bond acceptors (Lipinski definition) is 2. The van der Waals surface area contributed by atoms with Crippen LogP contribution in [0.3, 0.4) is 0 Å². The number of rotatable bonds is 5. The summed E-state index contributed by atoms with van der Waals surface area (Å²) in [6, 6.07) is 15.0. The largest absolute Gasteiger partial charge is 0.355 e. The van der Waals surface area contributed by atoms with Crippen molar-refractivity contribution in [2.24, 2.45) is 0 Å². The van der Waals surface area contributed by atoms with Gasteiger partial charge in [0.2, 0.25) is 5.91 Å². The molecule has 0 bridgehead atoms. The summed E-state index contributed by atoms with van der Waals surface area (Å²) in [4.78, 5) is 25.3. The minimum Gasteiger partial charge on any atom is -0.355 e. The molecule has 2 aromatic carbocycles. The quantitative estimate of drug-likeness (QED) is 0.799. The van der Waals surface area contributed by atoms with E-state index in [1.165, 1.54) is 0 Å². The van der Waals surface area contributed by atoms with Crippen molar-refractivity contribution in [2.75, 3.05) is 14.1 Å². The molecule has 5 heteroatoms. The molecule has 124 valence electrons. The van der Waals surface area contributed by atoms with Crippen LogP contribution in [0.4, 0.5) is 0 Å². The molecule has 0 spiro atoms. The molecule has 2 aromatic rings. The number of benzene rings is 2. The van der Waals surface area contributed by atoms with E-state index in [2.05, 4.69) is 21.2 Å². The summed E-state index contributed by atoms with van der Waals surface area (Å²) in [6.45, 7) is 0.482. The number of nitrogens with zero attached hydrogens (tertiary/aromatic N) is 1. The van der Waals surface area contributed by atoms with Gasteiger partial charge in [-0.05, 0) is 41.5 Å². The van der Waals surface area contributed by atoms with Crippen LogP contribution in [0.5, 0.6) is 0 Å². The number of hydrogen-bond donors (Lipinski definition) is 1. The van der Waals surface area contributed by atoms with Gasteiger partial charge < -0.3 is 10.2 Å². The summed E-state index contributed by atoms with van der Waals surface area (Å²) in [6.07, 6.45) is 3.35. The summed E-state index contributed by atoms with van der Waals surface area (Å²) in [7, 11) is 3.35. The van der Waals surface area contributed by atoms with Gasteiger partial charge in [-0.1, -0.05) is 40.2 Å². The van der Waals surface area contributed by atoms with Gasteiger partial charge in [0.1, 0.15) is 0 Å². The molecule has 0 unspecified atom stereocenters. The van der Waals surface area contributed by atoms with Crippen molar-refractivity contribution in [1.82, 2.24) is 10.2 Å². The lowest BCUT2D eigenvalue weighted by molar-refractivity contribution is -0.125. The Balaban J connectivity index is 1.97. The zero-order valence-corrected chi connectivity index (χ0v) is 15.2. The van der Waals surface area contributed by atoms with Crippen LogP contribution in [0, 0.1) is 0 Å². The first-order valence-corrected chi connectivity index (χ1v) is 8.28. The van der Waals surface area contributed by atoms with Gasteiger partial charge in [-0.2, -0.15) is 0 Å². The third-order valence-electron chi connectivity index (χ3n) is 3.51. The highest BCUT2D eigenvalue weighted by Crippen LogP contribution is 2.13. The van der Waals surface area contributed by atoms with E-state index in [0.717, 1.165) is 15.6 Å². The van der Waals surface area contributed by atoms with Gasteiger partial charge in [-0.25, -0.2) is 0 Å². The molecule has 24 heavy (non-hydrogen) atoms. The Labute approximate surface area is 150 Å². The number of halogens is 1. The van der Waals surface area contributed by atoms with E-state index in [1.807, 2.05) is 36.4 Å². The molecule has 0 radical (unpaired) electrons. The third kappa shape index (κ3) is 5.06. The lowest BCUT2D eigenvalue weighted by Gasteiger charge is -2.15. The number of nitrogens with one attached hydrogen (secondary N) is 1. The van der Waals surface area contributed by atoms with E-state index in [1.54, 1.807) is 43.3 Å². The van der Waals surface area contributed by atoms with Crippen molar-refractivity contribution in [3.8, 4) is 0 Å². The molecule has 0 aromatic heterocycles. The SMILES string of the molecule is CNC(=O)c1ccc(CN(C)C(=O)/C=C/c2cccc(Br)c2)cc1. The van der Waals surface area contributed by atoms with Crippen molar-refractivity contribution in [2.45, 2.75) is 6.54 Å². The first-order chi connectivity index (χ1) is 11.5. The average molecular weight is 387 g/mol. The predicted molar refractivity (Wildman–Crippen MR) is 99.5 cm³/mol. The Kier molecular flexibility index (Phi) is 6.32. The highest BCUT2D eigenvalue weighted by molar-refractivity contribution is 9.10. The van der Waals surface area contributed by atoms with Crippen LogP contribution in [0.2, 0.25) is 0 Å². The lowest BCUT2D eigenvalue weighted by atomic mass is 10.1. The number of likely N-dealkylation sites (N-methyl/N-ethyl adjacent to an activating group) is 1. The summed E-state index contributed by atoms with van der Waals surface area (Å²) < 4.78 is 0.974. The Hall–Kier alpha value is -2.40. The first-order valence-electron chi connectivity index (χ1n) is 7.49. The monoisotopic (exact) mass is 386 g/mol. The van der Waals surface area contributed by atoms with Gasteiger partial charge in [0.05, 0.1) is 0 Å². The van der Waals surface area contributed by atoms with Crippen LogP contribution in [0.1, 0.15) is 21.5 Å². The number of carbonyl (C=O) groups excluding carboxylic acids is 2. The van der Waals surface area contributed by atoms with Gasteiger partial charge in [-0.3, -0.25) is 9.59 Å². The minimum atomic E-state index is -0.122. The van der Waals surface area contributed by atoms with Crippen LogP contribution in [-0.4, -0.2) is 30.8 Å². The summed E-state index contributed by atoms with van der Waals surface area (Å²) in [5.41, 5.74) is 2.53. The Morgan fingerprint density at radius 3 is 2.50 bits per heavy atom. The number of amides is 2. The lowest BCUT2D eigenvalue weighted by Crippen LogP contribution is -2.24. The van der Waals surface area contributed by atoms with Gasteiger partial charge in [0.25, 0.3) is 5.91 Å². The second-order valence-corrected chi connectivity index (χ2v) is 6.27. The topological polar surface area (TPSA) is 49.4 Å². The minimum absolute atomic E-state index is 0.0784. The Morgan fingerprint density at radius 2 is 1.88 bits per heavy atom. The molecule has 2 amide bonds. The van der Waals surface area contributed by atoms with Crippen molar-refractivity contribution in [3.63, 3.8) is 0 Å². The van der Waals surface area contributed by atoms with Crippen LogP contribution >= 0.6 is 15.9 Å². The fourth-order valence-electron chi connectivity index (χ4n) is 2.16. The summed E-state index contributed by atoms with van der Waals surface area (Å²) in [5, 5.41) is 2.58. The second-order valence-electron chi connectivity index (χ2n) is 5.36. The molecular weight excluding hydrogens is 368 g/mol. The van der Waals surface area contributed by atoms with Crippen molar-refractivity contribution < 1.29 is 9.59 Å². The average Bonchev–Trinajstić information content (AvgIpc) is 2.59. The standard InChI is InChI=1S/C19H19BrN2O2/c1-21-19(24)16-9-6-15(7-10-16)13-22(2)18(23)11-8-14-4-3-5-17(20)12-14/h3-12H,13H2,1-2H3,(H,21,24)/b11-8+. The molecule has 1 N–H and O–H groups in total. The first kappa shape index (κ1) is 17.9. The van der Waals surface area contributed by atoms with Gasteiger partial charge in [0, 0.05) is 36.8 Å². The van der Waals surface area contributed by atoms with E-state index in [9.17, 15) is 9.59 Å². The van der Waals surface area contributed by atoms with Gasteiger partial charge >= 0.3 is 0 Å². The van der Waals surface area contributed by atoms with Gasteiger partial charge in [-0.15, -0.1) is 0 Å². The molecule has 0 aliphatic heterocycles. The molecular formula is C19H19BrN2O2. The molecule has 0 fully saturated rings. The summed E-state index contributed by atoms with van der Waals surface area (Å²) in [5.74, 6) is -0.201. The van der Waals surface area contributed by atoms with E-state index >= 15 is 0 Å².